The number of aliphatic hydroxyl groups excluding tert-OH is 1. The number of aliphatic hydroxyl groups is 1. The van der Waals surface area contributed by atoms with Crippen LogP contribution in [0.4, 0.5) is 8.78 Å². The molecule has 2 unspecified atom stereocenters. The number of carbonyl (C=O) groups is 1. The molecular weight excluding hydrogens is 252 g/mol. The van der Waals surface area contributed by atoms with E-state index in [4.69, 9.17) is 0 Å². The van der Waals surface area contributed by atoms with Gasteiger partial charge in [-0.2, -0.15) is 0 Å². The van der Waals surface area contributed by atoms with E-state index in [2.05, 4.69) is 0 Å². The first-order valence-electron chi connectivity index (χ1n) is 6.37. The monoisotopic (exact) mass is 269 g/mol. The molecule has 104 valence electrons. The molecule has 0 spiro atoms. The number of rotatable bonds is 3. The Morgan fingerprint density at radius 2 is 2.21 bits per heavy atom. The molecule has 0 aliphatic carbocycles. The van der Waals surface area contributed by atoms with Gasteiger partial charge in [-0.3, -0.25) is 4.79 Å². The van der Waals surface area contributed by atoms with Gasteiger partial charge in [0.05, 0.1) is 19.1 Å². The van der Waals surface area contributed by atoms with Gasteiger partial charge in [0, 0.05) is 12.1 Å². The maximum atomic E-state index is 13.5. The van der Waals surface area contributed by atoms with Crippen LogP contribution in [0.25, 0.3) is 0 Å². The van der Waals surface area contributed by atoms with Crippen molar-refractivity contribution in [1.29, 1.82) is 0 Å². The predicted octanol–water partition coefficient (Wildman–Crippen LogP) is 1.74. The molecule has 1 saturated heterocycles. The van der Waals surface area contributed by atoms with Crippen molar-refractivity contribution < 1.29 is 18.7 Å². The maximum Gasteiger partial charge on any atom is 0.227 e. The minimum Gasteiger partial charge on any atom is -0.394 e. The van der Waals surface area contributed by atoms with E-state index >= 15 is 0 Å². The van der Waals surface area contributed by atoms with Crippen molar-refractivity contribution in [2.75, 3.05) is 13.2 Å². The van der Waals surface area contributed by atoms with Crippen LogP contribution in [0.2, 0.25) is 0 Å². The molecule has 1 N–H and O–H groups in total. The molecule has 2 atom stereocenters. The van der Waals surface area contributed by atoms with Crippen LogP contribution in [0.5, 0.6) is 0 Å². The molecule has 0 bridgehead atoms. The summed E-state index contributed by atoms with van der Waals surface area (Å²) < 4.78 is 26.6. The summed E-state index contributed by atoms with van der Waals surface area (Å²) in [4.78, 5) is 13.7. The fourth-order valence-corrected chi connectivity index (χ4v) is 2.55. The van der Waals surface area contributed by atoms with E-state index in [-0.39, 0.29) is 36.5 Å². The van der Waals surface area contributed by atoms with Gasteiger partial charge in [-0.15, -0.1) is 0 Å². The lowest BCUT2D eigenvalue weighted by molar-refractivity contribution is -0.132. The fraction of sp³-hybridized carbons (Fsp3) is 0.500. The summed E-state index contributed by atoms with van der Waals surface area (Å²) in [6.45, 7) is 2.43. The first kappa shape index (κ1) is 13.9. The van der Waals surface area contributed by atoms with Crippen LogP contribution in [0, 0.1) is 17.6 Å². The van der Waals surface area contributed by atoms with Gasteiger partial charge in [-0.1, -0.05) is 19.1 Å². The van der Waals surface area contributed by atoms with E-state index in [1.807, 2.05) is 6.92 Å². The van der Waals surface area contributed by atoms with Crippen molar-refractivity contribution in [3.63, 3.8) is 0 Å². The molecule has 0 aromatic heterocycles. The number of nitrogens with zero attached hydrogens (tertiary/aromatic N) is 1. The third kappa shape index (κ3) is 2.76. The molecule has 1 aromatic carbocycles. The van der Waals surface area contributed by atoms with Crippen molar-refractivity contribution in [3.8, 4) is 0 Å². The van der Waals surface area contributed by atoms with Gasteiger partial charge in [-0.05, 0) is 18.4 Å². The summed E-state index contributed by atoms with van der Waals surface area (Å²) >= 11 is 0. The summed E-state index contributed by atoms with van der Waals surface area (Å²) in [6.07, 6.45) is 0.648. The zero-order chi connectivity index (χ0) is 14.0. The highest BCUT2D eigenvalue weighted by Crippen LogP contribution is 2.24. The number of carbonyl (C=O) groups excluding carboxylic acids is 1. The number of hydrogen-bond acceptors (Lipinski definition) is 2. The predicted molar refractivity (Wildman–Crippen MR) is 66.4 cm³/mol. The molecule has 5 heteroatoms. The summed E-state index contributed by atoms with van der Waals surface area (Å²) in [5, 5.41) is 9.29. The SMILES string of the molecule is CC1CCN(C(=O)Cc2cccc(F)c2F)C1CO. The van der Waals surface area contributed by atoms with Gasteiger partial charge in [0.1, 0.15) is 0 Å². The van der Waals surface area contributed by atoms with Crippen LogP contribution in [0.15, 0.2) is 18.2 Å². The Bertz CT molecular complexity index is 479. The Morgan fingerprint density at radius 3 is 2.89 bits per heavy atom. The highest BCUT2D eigenvalue weighted by molar-refractivity contribution is 5.79. The Labute approximate surface area is 110 Å². The summed E-state index contributed by atoms with van der Waals surface area (Å²) in [5.41, 5.74) is 0.0567. The molecule has 1 heterocycles. The van der Waals surface area contributed by atoms with Gasteiger partial charge in [0.2, 0.25) is 5.91 Å². The molecule has 19 heavy (non-hydrogen) atoms. The van der Waals surface area contributed by atoms with Crippen LogP contribution in [-0.4, -0.2) is 35.1 Å². The number of hydrogen-bond donors (Lipinski definition) is 1. The Morgan fingerprint density at radius 1 is 1.47 bits per heavy atom. The molecule has 0 saturated carbocycles. The third-order valence-corrected chi connectivity index (χ3v) is 3.76. The van der Waals surface area contributed by atoms with Crippen molar-refractivity contribution in [1.82, 2.24) is 4.90 Å². The van der Waals surface area contributed by atoms with Crippen molar-refractivity contribution >= 4 is 5.91 Å². The molecule has 1 fully saturated rings. The van der Waals surface area contributed by atoms with E-state index < -0.39 is 11.6 Å². The molecular formula is C14H17F2NO2. The lowest BCUT2D eigenvalue weighted by atomic mass is 10.0. The van der Waals surface area contributed by atoms with Crippen LogP contribution < -0.4 is 0 Å². The van der Waals surface area contributed by atoms with Crippen LogP contribution >= 0.6 is 0 Å². The fourth-order valence-electron chi connectivity index (χ4n) is 2.55. The Hall–Kier alpha value is -1.49. The molecule has 0 radical (unpaired) electrons. The second kappa shape index (κ2) is 5.65. The lowest BCUT2D eigenvalue weighted by Crippen LogP contribution is -2.40. The summed E-state index contributed by atoms with van der Waals surface area (Å²) in [5.74, 6) is -1.96. The van der Waals surface area contributed by atoms with Crippen LogP contribution in [-0.2, 0) is 11.2 Å². The smallest absolute Gasteiger partial charge is 0.227 e. The molecule has 2 rings (SSSR count). The average Bonchev–Trinajstić information content (AvgIpc) is 2.76. The van der Waals surface area contributed by atoms with Crippen molar-refractivity contribution in [2.24, 2.45) is 5.92 Å². The first-order valence-corrected chi connectivity index (χ1v) is 6.37. The van der Waals surface area contributed by atoms with Crippen molar-refractivity contribution in [2.45, 2.75) is 25.8 Å². The van der Waals surface area contributed by atoms with Crippen LogP contribution in [0.1, 0.15) is 18.9 Å². The number of halogens is 2. The topological polar surface area (TPSA) is 40.5 Å². The minimum absolute atomic E-state index is 0.0567. The normalized spacial score (nSPS) is 22.8. The molecule has 1 aliphatic rings. The van der Waals surface area contributed by atoms with E-state index in [0.29, 0.717) is 6.54 Å². The van der Waals surface area contributed by atoms with Gasteiger partial charge in [0.15, 0.2) is 11.6 Å². The van der Waals surface area contributed by atoms with E-state index in [1.165, 1.54) is 12.1 Å². The molecule has 1 aliphatic heterocycles. The van der Waals surface area contributed by atoms with E-state index in [1.54, 1.807) is 4.90 Å². The quantitative estimate of drug-likeness (QED) is 0.908. The Kier molecular flexibility index (Phi) is 4.14. The van der Waals surface area contributed by atoms with Gasteiger partial charge in [-0.25, -0.2) is 8.78 Å². The summed E-state index contributed by atoms with van der Waals surface area (Å²) in [7, 11) is 0. The highest BCUT2D eigenvalue weighted by atomic mass is 19.2. The first-order chi connectivity index (χ1) is 9.04. The van der Waals surface area contributed by atoms with Gasteiger partial charge in [0.25, 0.3) is 0 Å². The standard InChI is InChI=1S/C14H17F2NO2/c1-9-5-6-17(12(9)8-18)13(19)7-10-3-2-4-11(15)14(10)16/h2-4,9,12,18H,5-8H2,1H3. The second-order valence-electron chi connectivity index (χ2n) is 4.99. The third-order valence-electron chi connectivity index (χ3n) is 3.76. The van der Waals surface area contributed by atoms with E-state index in [0.717, 1.165) is 12.5 Å². The maximum absolute atomic E-state index is 13.5. The Balaban J connectivity index is 2.11. The molecule has 3 nitrogen and oxygen atoms in total. The molecule has 1 amide bonds. The number of amides is 1. The van der Waals surface area contributed by atoms with Gasteiger partial charge < -0.3 is 10.0 Å². The summed E-state index contributed by atoms with van der Waals surface area (Å²) in [6, 6.07) is 3.60. The minimum atomic E-state index is -0.969. The zero-order valence-corrected chi connectivity index (χ0v) is 10.8. The van der Waals surface area contributed by atoms with Crippen molar-refractivity contribution in [3.05, 3.63) is 35.4 Å². The number of likely N-dealkylation sites (tertiary alicyclic amines) is 1. The average molecular weight is 269 g/mol. The van der Waals surface area contributed by atoms with E-state index in [9.17, 15) is 18.7 Å². The van der Waals surface area contributed by atoms with Crippen LogP contribution in [0.3, 0.4) is 0 Å². The highest BCUT2D eigenvalue weighted by Gasteiger charge is 2.33. The lowest BCUT2D eigenvalue weighted by Gasteiger charge is -2.25. The largest absolute Gasteiger partial charge is 0.394 e. The second-order valence-corrected chi connectivity index (χ2v) is 4.99. The van der Waals surface area contributed by atoms with Gasteiger partial charge >= 0.3 is 0 Å². The zero-order valence-electron chi connectivity index (χ0n) is 10.8. The molecule has 1 aromatic rings. The number of benzene rings is 1.